The predicted molar refractivity (Wildman–Crippen MR) is 128 cm³/mol. The van der Waals surface area contributed by atoms with Gasteiger partial charge in [-0.05, 0) is 32.9 Å². The zero-order valence-electron chi connectivity index (χ0n) is 19.0. The monoisotopic (exact) mass is 493 g/mol. The van der Waals surface area contributed by atoms with E-state index < -0.39 is 31.3 Å². The number of nitrogens with zero attached hydrogens (tertiary/aromatic N) is 1. The molecule has 0 unspecified atom stereocenters. The molecule has 3 fully saturated rings. The quantitative estimate of drug-likeness (QED) is 0.261. The Morgan fingerprint density at radius 1 is 1.10 bits per heavy atom. The Bertz CT molecular complexity index is 716. The first kappa shape index (κ1) is 24.8. The number of carbonyl (C=O) groups excluding carboxylic acids is 2. The zero-order valence-corrected chi connectivity index (χ0v) is 22.5. The normalized spacial score (nSPS) is 33.4. The van der Waals surface area contributed by atoms with Crippen LogP contribution in [-0.4, -0.2) is 59.0 Å². The van der Waals surface area contributed by atoms with Gasteiger partial charge >= 0.3 is 7.60 Å². The Hall–Kier alpha value is 0.207. The molecule has 172 valence electrons. The zero-order chi connectivity index (χ0) is 22.3. The number of hydrogen-bond donors (Lipinski definition) is 0. The molecule has 3 rings (SSSR count). The van der Waals surface area contributed by atoms with Crippen LogP contribution in [0.5, 0.6) is 0 Å². The molecule has 2 aliphatic heterocycles. The summed E-state index contributed by atoms with van der Waals surface area (Å²) in [5.41, 5.74) is 0. The van der Waals surface area contributed by atoms with Crippen molar-refractivity contribution in [2.45, 2.75) is 80.3 Å². The van der Waals surface area contributed by atoms with Gasteiger partial charge in [0.2, 0.25) is 11.8 Å². The molecule has 0 aromatic heterocycles. The smallest absolute Gasteiger partial charge is 0.307 e. The van der Waals surface area contributed by atoms with Crippen molar-refractivity contribution in [3.63, 3.8) is 0 Å². The maximum Gasteiger partial charge on any atom is 0.357 e. The minimum atomic E-state index is -3.66. The number of imide groups is 1. The van der Waals surface area contributed by atoms with Gasteiger partial charge in [0, 0.05) is 10.9 Å². The summed E-state index contributed by atoms with van der Waals surface area (Å²) in [6, 6.07) is -0.0187. The van der Waals surface area contributed by atoms with Crippen LogP contribution >= 0.6 is 31.1 Å². The second-order valence-electron chi connectivity index (χ2n) is 9.41. The molecule has 2 heterocycles. The van der Waals surface area contributed by atoms with Crippen molar-refractivity contribution in [1.82, 2.24) is 4.90 Å². The van der Waals surface area contributed by atoms with E-state index in [-0.39, 0.29) is 35.9 Å². The van der Waals surface area contributed by atoms with E-state index >= 15 is 0 Å². The van der Waals surface area contributed by atoms with Crippen molar-refractivity contribution in [2.75, 3.05) is 19.5 Å². The average molecular weight is 494 g/mol. The van der Waals surface area contributed by atoms with Gasteiger partial charge in [-0.1, -0.05) is 38.9 Å². The molecule has 2 saturated heterocycles. The summed E-state index contributed by atoms with van der Waals surface area (Å²) in [5, 5.41) is 0. The van der Waals surface area contributed by atoms with E-state index in [0.717, 1.165) is 32.1 Å². The lowest BCUT2D eigenvalue weighted by Gasteiger charge is -2.39. The molecule has 30 heavy (non-hydrogen) atoms. The van der Waals surface area contributed by atoms with Crippen LogP contribution in [-0.2, 0) is 23.2 Å². The first-order valence-electron chi connectivity index (χ1n) is 11.1. The van der Waals surface area contributed by atoms with E-state index in [2.05, 4.69) is 19.6 Å². The van der Waals surface area contributed by atoms with Crippen LogP contribution in [0.2, 0.25) is 19.6 Å². The van der Waals surface area contributed by atoms with Crippen molar-refractivity contribution < 1.29 is 23.2 Å². The molecule has 0 aromatic rings. The summed E-state index contributed by atoms with van der Waals surface area (Å²) >= 11 is 2.93. The van der Waals surface area contributed by atoms with Gasteiger partial charge in [-0.15, -0.1) is 23.5 Å². The second kappa shape index (κ2) is 9.22. The van der Waals surface area contributed by atoms with E-state index in [9.17, 15) is 14.2 Å². The topological polar surface area (TPSA) is 72.9 Å². The van der Waals surface area contributed by atoms with Crippen LogP contribution in [0.1, 0.15) is 46.0 Å². The Morgan fingerprint density at radius 3 is 2.13 bits per heavy atom. The third-order valence-corrected chi connectivity index (χ3v) is 18.2. The van der Waals surface area contributed by atoms with Crippen molar-refractivity contribution in [3.05, 3.63) is 0 Å². The number of rotatable bonds is 8. The lowest BCUT2D eigenvalue weighted by Crippen LogP contribution is -2.47. The van der Waals surface area contributed by atoms with Gasteiger partial charge < -0.3 is 9.05 Å². The minimum absolute atomic E-state index is 0.00534. The van der Waals surface area contributed by atoms with Crippen molar-refractivity contribution in [1.29, 1.82) is 0 Å². The van der Waals surface area contributed by atoms with E-state index in [1.54, 1.807) is 30.5 Å². The minimum Gasteiger partial charge on any atom is -0.307 e. The van der Waals surface area contributed by atoms with E-state index in [1.165, 1.54) is 11.8 Å². The highest BCUT2D eigenvalue weighted by Gasteiger charge is 2.74. The summed E-state index contributed by atoms with van der Waals surface area (Å²) in [5.74, 6) is -1.29. The largest absolute Gasteiger partial charge is 0.357 e. The Balaban J connectivity index is 2.12. The summed E-state index contributed by atoms with van der Waals surface area (Å²) < 4.78 is 24.7. The molecular weight excluding hydrogens is 457 g/mol. The van der Waals surface area contributed by atoms with Gasteiger partial charge in [-0.3, -0.25) is 19.1 Å². The molecule has 4 atom stereocenters. The number of fused-ring (bicyclic) bond motifs is 1. The van der Waals surface area contributed by atoms with Crippen molar-refractivity contribution in [3.8, 4) is 0 Å². The number of carbonyl (C=O) groups is 2. The van der Waals surface area contributed by atoms with Gasteiger partial charge in [-0.2, -0.15) is 0 Å². The maximum absolute atomic E-state index is 14.2. The molecule has 1 saturated carbocycles. The van der Waals surface area contributed by atoms with E-state index in [0.29, 0.717) is 0 Å². The Morgan fingerprint density at radius 2 is 1.67 bits per heavy atom. The molecule has 3 aliphatic rings. The molecule has 0 bridgehead atoms. The summed E-state index contributed by atoms with van der Waals surface area (Å²) in [6.07, 6.45) is 6.89. The number of hydrogen-bond acceptors (Lipinski definition) is 7. The van der Waals surface area contributed by atoms with Crippen molar-refractivity contribution >= 4 is 51.0 Å². The molecule has 0 spiro atoms. The van der Waals surface area contributed by atoms with Gasteiger partial charge in [0.25, 0.3) is 0 Å². The summed E-state index contributed by atoms with van der Waals surface area (Å²) in [7, 11) is -5.53. The third-order valence-electron chi connectivity index (χ3n) is 6.47. The number of likely N-dealkylation sites (tertiary alicyclic amines) is 1. The highest BCUT2D eigenvalue weighted by molar-refractivity contribution is 8.26. The number of thioether (sulfide) groups is 2. The fourth-order valence-corrected chi connectivity index (χ4v) is 15.6. The van der Waals surface area contributed by atoms with Crippen LogP contribution < -0.4 is 0 Å². The molecular formula is C20H36NO5PS2Si. The Labute approximate surface area is 190 Å². The standard InChI is InChI=1S/C20H36NO5PS2Si/c1-7-25-27(24,26-8-2)20(28-3)16-15(19(29-20)30(4,5)6)17(22)21(18(16)23)14-12-10-9-11-13-14/h14-16,19H,7-13H2,1-6H3/t15-,16+,19+,20+/m1/s1. The molecule has 6 nitrogen and oxygen atoms in total. The molecule has 2 amide bonds. The average Bonchev–Trinajstić information content (AvgIpc) is 3.18. The highest BCUT2D eigenvalue weighted by atomic mass is 32.2. The van der Waals surface area contributed by atoms with E-state index in [4.69, 9.17) is 9.05 Å². The van der Waals surface area contributed by atoms with Crippen LogP contribution in [0.15, 0.2) is 0 Å². The summed E-state index contributed by atoms with van der Waals surface area (Å²) in [4.78, 5) is 29.2. The summed E-state index contributed by atoms with van der Waals surface area (Å²) in [6.45, 7) is 10.8. The highest BCUT2D eigenvalue weighted by Crippen LogP contribution is 2.79. The maximum atomic E-state index is 14.2. The fraction of sp³-hybridized carbons (Fsp3) is 0.900. The van der Waals surface area contributed by atoms with Crippen LogP contribution in [0.4, 0.5) is 0 Å². The van der Waals surface area contributed by atoms with Crippen LogP contribution in [0.3, 0.4) is 0 Å². The van der Waals surface area contributed by atoms with Gasteiger partial charge in [0.1, 0.15) is 0 Å². The third kappa shape index (κ3) is 3.90. The lowest BCUT2D eigenvalue weighted by atomic mass is 9.94. The predicted octanol–water partition coefficient (Wildman–Crippen LogP) is 5.20. The van der Waals surface area contributed by atoms with Crippen molar-refractivity contribution in [2.24, 2.45) is 11.8 Å². The first-order chi connectivity index (χ1) is 14.1. The first-order valence-corrected chi connectivity index (χ1v) is 18.3. The number of amides is 2. The van der Waals surface area contributed by atoms with Gasteiger partial charge in [0.15, 0.2) is 3.82 Å². The molecule has 10 heteroatoms. The van der Waals surface area contributed by atoms with Gasteiger partial charge in [-0.25, -0.2) is 0 Å². The molecule has 0 N–H and O–H groups in total. The van der Waals surface area contributed by atoms with Crippen LogP contribution in [0, 0.1) is 11.8 Å². The lowest BCUT2D eigenvalue weighted by molar-refractivity contribution is -0.143. The van der Waals surface area contributed by atoms with E-state index in [1.807, 2.05) is 6.26 Å². The second-order valence-corrected chi connectivity index (χ2v) is 20.7. The molecule has 1 aliphatic carbocycles. The molecule has 0 aromatic carbocycles. The SMILES string of the molecule is CCOP(=O)(OCC)[C@@]1(SC)S[C@@H]([Si](C)(C)C)[C@H]2C(=O)N(C3CCCCC3)C(=O)[C@H]21. The molecule has 0 radical (unpaired) electrons. The van der Waals surface area contributed by atoms with Gasteiger partial charge in [0.05, 0.1) is 33.1 Å². The fourth-order valence-electron chi connectivity index (χ4n) is 5.22. The van der Waals surface area contributed by atoms with Crippen LogP contribution in [0.25, 0.3) is 0 Å². The Kier molecular flexibility index (Phi) is 7.63.